The van der Waals surface area contributed by atoms with Crippen molar-refractivity contribution in [2.45, 2.75) is 13.5 Å². The van der Waals surface area contributed by atoms with E-state index >= 15 is 0 Å². The van der Waals surface area contributed by atoms with Gasteiger partial charge in [-0.25, -0.2) is 4.79 Å². The highest BCUT2D eigenvalue weighted by Crippen LogP contribution is 2.35. The number of carbonyl (C=O) groups excluding carboxylic acids is 1. The smallest absolute Gasteiger partial charge is 0.352 e. The van der Waals surface area contributed by atoms with Gasteiger partial charge in [0.2, 0.25) is 5.91 Å². The summed E-state index contributed by atoms with van der Waals surface area (Å²) < 4.78 is 13.0. The number of amides is 1. The van der Waals surface area contributed by atoms with Crippen molar-refractivity contribution in [3.05, 3.63) is 61.3 Å². The second-order valence-corrected chi connectivity index (χ2v) is 7.48. The molecule has 2 N–H and O–H groups in total. The fraction of sp³-hybridized carbons (Fsp3) is 0.158. The Hall–Kier alpha value is -2.07. The number of ether oxygens (including phenoxy) is 2. The Morgan fingerprint density at radius 3 is 2.59 bits per heavy atom. The largest absolute Gasteiger partial charge is 0.493 e. The molecule has 0 saturated heterocycles. The van der Waals surface area contributed by atoms with Crippen LogP contribution >= 0.6 is 38.5 Å². The summed E-state index contributed by atoms with van der Waals surface area (Å²) in [6.07, 6.45) is 1.37. The quantitative estimate of drug-likeness (QED) is 0.402. The summed E-state index contributed by atoms with van der Waals surface area (Å²) in [7, 11) is 1.51. The van der Waals surface area contributed by atoms with Crippen LogP contribution in [0.1, 0.15) is 18.1 Å². The SMILES string of the molecule is COc1cc(C=C(NC(C)=O)C(=O)O)cc(I)c1OCc1ccccc1Br. The molecule has 6 nitrogen and oxygen atoms in total. The standard InChI is InChI=1S/C19H17BrINO5/c1-11(23)22-16(19(24)25)8-12-7-15(21)18(17(9-12)26-2)27-10-13-5-3-4-6-14(13)20/h3-9H,10H2,1-2H3,(H,22,23)(H,24,25). The predicted molar refractivity (Wildman–Crippen MR) is 114 cm³/mol. The fourth-order valence-corrected chi connectivity index (χ4v) is 3.42. The van der Waals surface area contributed by atoms with Gasteiger partial charge in [0.15, 0.2) is 11.5 Å². The third-order valence-corrected chi connectivity index (χ3v) is 5.01. The Kier molecular flexibility index (Phi) is 7.66. The van der Waals surface area contributed by atoms with Crippen LogP contribution in [-0.2, 0) is 16.2 Å². The minimum atomic E-state index is -1.23. The molecule has 0 heterocycles. The molecule has 2 aromatic carbocycles. The van der Waals surface area contributed by atoms with Crippen LogP contribution in [0.2, 0.25) is 0 Å². The molecule has 0 spiro atoms. The molecule has 0 bridgehead atoms. The molecule has 0 unspecified atom stereocenters. The molecule has 1 amide bonds. The number of carboxylic acid groups (broad SMARTS) is 1. The zero-order valence-corrected chi connectivity index (χ0v) is 18.3. The highest BCUT2D eigenvalue weighted by atomic mass is 127. The summed E-state index contributed by atoms with van der Waals surface area (Å²) >= 11 is 5.58. The molecular weight excluding hydrogens is 529 g/mol. The number of carboxylic acids is 1. The van der Waals surface area contributed by atoms with E-state index in [2.05, 4.69) is 43.8 Å². The number of carbonyl (C=O) groups is 2. The third-order valence-electron chi connectivity index (χ3n) is 3.43. The number of rotatable bonds is 7. The van der Waals surface area contributed by atoms with Gasteiger partial charge >= 0.3 is 5.97 Å². The molecule has 27 heavy (non-hydrogen) atoms. The van der Waals surface area contributed by atoms with E-state index in [-0.39, 0.29) is 5.70 Å². The Bertz CT molecular complexity index is 898. The minimum absolute atomic E-state index is 0.220. The molecule has 0 radical (unpaired) electrons. The van der Waals surface area contributed by atoms with Crippen LogP contribution in [0.3, 0.4) is 0 Å². The van der Waals surface area contributed by atoms with E-state index in [1.807, 2.05) is 24.3 Å². The van der Waals surface area contributed by atoms with E-state index in [9.17, 15) is 14.7 Å². The molecule has 0 aliphatic rings. The van der Waals surface area contributed by atoms with E-state index in [1.165, 1.54) is 20.1 Å². The number of nitrogens with one attached hydrogen (secondary N) is 1. The molecule has 0 aliphatic carbocycles. The van der Waals surface area contributed by atoms with Crippen molar-refractivity contribution in [1.82, 2.24) is 5.32 Å². The van der Waals surface area contributed by atoms with Gasteiger partial charge in [0.25, 0.3) is 0 Å². The lowest BCUT2D eigenvalue weighted by atomic mass is 10.1. The van der Waals surface area contributed by atoms with Crippen LogP contribution in [0.15, 0.2) is 46.6 Å². The number of hydrogen-bond donors (Lipinski definition) is 2. The summed E-state index contributed by atoms with van der Waals surface area (Å²) in [4.78, 5) is 22.5. The van der Waals surface area contributed by atoms with E-state index < -0.39 is 11.9 Å². The monoisotopic (exact) mass is 545 g/mol. The number of halogens is 2. The number of benzene rings is 2. The van der Waals surface area contributed by atoms with Crippen molar-refractivity contribution >= 4 is 56.5 Å². The van der Waals surface area contributed by atoms with Crippen molar-refractivity contribution < 1.29 is 24.2 Å². The maximum absolute atomic E-state index is 11.3. The summed E-state index contributed by atoms with van der Waals surface area (Å²) in [6, 6.07) is 11.1. The Morgan fingerprint density at radius 1 is 1.30 bits per heavy atom. The van der Waals surface area contributed by atoms with E-state index in [0.29, 0.717) is 23.7 Å². The van der Waals surface area contributed by atoms with Crippen LogP contribution in [0, 0.1) is 3.57 Å². The zero-order chi connectivity index (χ0) is 20.0. The summed E-state index contributed by atoms with van der Waals surface area (Å²) in [5.74, 6) is -0.665. The molecule has 0 saturated carbocycles. The zero-order valence-electron chi connectivity index (χ0n) is 14.6. The molecule has 142 valence electrons. The van der Waals surface area contributed by atoms with Crippen LogP contribution in [0.4, 0.5) is 0 Å². The molecule has 0 aromatic heterocycles. The predicted octanol–water partition coefficient (Wildman–Crippen LogP) is 4.20. The van der Waals surface area contributed by atoms with Gasteiger partial charge in [-0.3, -0.25) is 4.79 Å². The van der Waals surface area contributed by atoms with Crippen LogP contribution < -0.4 is 14.8 Å². The highest BCUT2D eigenvalue weighted by Gasteiger charge is 2.14. The van der Waals surface area contributed by atoms with Gasteiger partial charge in [-0.05, 0) is 52.4 Å². The topological polar surface area (TPSA) is 84.9 Å². The van der Waals surface area contributed by atoms with E-state index in [4.69, 9.17) is 9.47 Å². The summed E-state index contributed by atoms with van der Waals surface area (Å²) in [5.41, 5.74) is 1.33. The van der Waals surface area contributed by atoms with Gasteiger partial charge in [-0.2, -0.15) is 0 Å². The Labute approximate surface area is 178 Å². The summed E-state index contributed by atoms with van der Waals surface area (Å²) in [6.45, 7) is 1.59. The second kappa shape index (κ2) is 9.75. The molecule has 0 fully saturated rings. The summed E-state index contributed by atoms with van der Waals surface area (Å²) in [5, 5.41) is 11.5. The minimum Gasteiger partial charge on any atom is -0.493 e. The highest BCUT2D eigenvalue weighted by molar-refractivity contribution is 14.1. The lowest BCUT2D eigenvalue weighted by Crippen LogP contribution is -2.24. The van der Waals surface area contributed by atoms with E-state index in [1.54, 1.807) is 12.1 Å². The first kappa shape index (κ1) is 21.2. The fourth-order valence-electron chi connectivity index (χ4n) is 2.24. The van der Waals surface area contributed by atoms with Gasteiger partial charge in [0.1, 0.15) is 12.3 Å². The molecule has 0 aliphatic heterocycles. The molecular formula is C19H17BrINO5. The van der Waals surface area contributed by atoms with Gasteiger partial charge in [-0.15, -0.1) is 0 Å². The first-order valence-corrected chi connectivity index (χ1v) is 9.65. The number of aliphatic carboxylic acids is 1. The van der Waals surface area contributed by atoms with Gasteiger partial charge in [0.05, 0.1) is 10.7 Å². The maximum atomic E-state index is 11.3. The van der Waals surface area contributed by atoms with Crippen molar-refractivity contribution in [3.8, 4) is 11.5 Å². The third kappa shape index (κ3) is 5.96. The van der Waals surface area contributed by atoms with Crippen molar-refractivity contribution in [2.75, 3.05) is 7.11 Å². The van der Waals surface area contributed by atoms with E-state index in [0.717, 1.165) is 13.6 Å². The first-order valence-electron chi connectivity index (χ1n) is 7.78. The molecule has 2 rings (SSSR count). The average molecular weight is 546 g/mol. The molecule has 2 aromatic rings. The van der Waals surface area contributed by atoms with Crippen LogP contribution in [-0.4, -0.2) is 24.1 Å². The molecule has 8 heteroatoms. The van der Waals surface area contributed by atoms with Gasteiger partial charge in [-0.1, -0.05) is 34.1 Å². The molecule has 0 atom stereocenters. The van der Waals surface area contributed by atoms with Crippen molar-refractivity contribution in [3.63, 3.8) is 0 Å². The van der Waals surface area contributed by atoms with Crippen LogP contribution in [0.25, 0.3) is 6.08 Å². The maximum Gasteiger partial charge on any atom is 0.352 e. The lowest BCUT2D eigenvalue weighted by Gasteiger charge is -2.14. The lowest BCUT2D eigenvalue weighted by molar-refractivity contribution is -0.134. The average Bonchev–Trinajstić information content (AvgIpc) is 2.60. The first-order chi connectivity index (χ1) is 12.8. The van der Waals surface area contributed by atoms with Crippen molar-refractivity contribution in [1.29, 1.82) is 0 Å². The second-order valence-electron chi connectivity index (χ2n) is 5.46. The van der Waals surface area contributed by atoms with Crippen molar-refractivity contribution in [2.24, 2.45) is 0 Å². The Balaban J connectivity index is 2.32. The van der Waals surface area contributed by atoms with Gasteiger partial charge < -0.3 is 19.9 Å². The number of hydrogen-bond acceptors (Lipinski definition) is 4. The van der Waals surface area contributed by atoms with Gasteiger partial charge in [0, 0.05) is 17.0 Å². The Morgan fingerprint density at radius 2 is 2.00 bits per heavy atom. The van der Waals surface area contributed by atoms with Crippen LogP contribution in [0.5, 0.6) is 11.5 Å². The normalized spacial score (nSPS) is 11.0. The number of methoxy groups -OCH3 is 1.